The van der Waals surface area contributed by atoms with Crippen LogP contribution in [-0.4, -0.2) is 44.8 Å². The molecule has 1 aliphatic heterocycles. The summed E-state index contributed by atoms with van der Waals surface area (Å²) in [5, 5.41) is 14.0. The number of carbonyl (C=O) groups is 2. The summed E-state index contributed by atoms with van der Waals surface area (Å²) in [4.78, 5) is 26.6. The first kappa shape index (κ1) is 15.7. The van der Waals surface area contributed by atoms with E-state index in [2.05, 4.69) is 5.10 Å². The molecule has 6 nitrogen and oxygen atoms in total. The second-order valence-corrected chi connectivity index (χ2v) is 7.95. The molecule has 2 heterocycles. The lowest BCUT2D eigenvalue weighted by Crippen LogP contribution is -2.53. The average molecular weight is 331 g/mol. The molecule has 1 aromatic rings. The van der Waals surface area contributed by atoms with Crippen LogP contribution in [0.1, 0.15) is 50.5 Å². The minimum absolute atomic E-state index is 0.198. The molecule has 1 spiro atoms. The third-order valence-electron chi connectivity index (χ3n) is 6.54. The second-order valence-electron chi connectivity index (χ2n) is 7.95. The van der Waals surface area contributed by atoms with E-state index in [9.17, 15) is 14.7 Å². The molecule has 2 aliphatic carbocycles. The smallest absolute Gasteiger partial charge is 0.331 e. The minimum Gasteiger partial charge on any atom is -0.479 e. The lowest BCUT2D eigenvalue weighted by atomic mass is 9.87. The topological polar surface area (TPSA) is 75.4 Å². The Bertz CT molecular complexity index is 667. The predicted molar refractivity (Wildman–Crippen MR) is 87.4 cm³/mol. The van der Waals surface area contributed by atoms with Gasteiger partial charge in [-0.3, -0.25) is 9.48 Å². The van der Waals surface area contributed by atoms with Crippen molar-refractivity contribution in [2.45, 2.75) is 57.4 Å². The Morgan fingerprint density at radius 1 is 1.21 bits per heavy atom. The number of piperidine rings is 1. The summed E-state index contributed by atoms with van der Waals surface area (Å²) in [5.74, 6) is -0.395. The van der Waals surface area contributed by atoms with Gasteiger partial charge in [0.1, 0.15) is 0 Å². The highest BCUT2D eigenvalue weighted by Crippen LogP contribution is 2.63. The third kappa shape index (κ3) is 2.26. The van der Waals surface area contributed by atoms with Gasteiger partial charge < -0.3 is 10.0 Å². The van der Waals surface area contributed by atoms with Crippen molar-refractivity contribution in [3.05, 3.63) is 18.0 Å². The van der Waals surface area contributed by atoms with Crippen LogP contribution in [-0.2, 0) is 15.1 Å². The first-order valence-electron chi connectivity index (χ1n) is 9.01. The molecule has 0 unspecified atom stereocenters. The number of aromatic nitrogens is 2. The maximum absolute atomic E-state index is 12.8. The van der Waals surface area contributed by atoms with Crippen molar-refractivity contribution in [2.24, 2.45) is 11.3 Å². The zero-order valence-corrected chi connectivity index (χ0v) is 14.2. The van der Waals surface area contributed by atoms with E-state index in [1.165, 1.54) is 25.7 Å². The highest BCUT2D eigenvalue weighted by atomic mass is 16.4. The van der Waals surface area contributed by atoms with Gasteiger partial charge in [-0.05, 0) is 37.2 Å². The fourth-order valence-corrected chi connectivity index (χ4v) is 4.83. The number of hydrogen-bond acceptors (Lipinski definition) is 3. The van der Waals surface area contributed by atoms with Crippen molar-refractivity contribution in [2.75, 3.05) is 13.1 Å². The van der Waals surface area contributed by atoms with Crippen LogP contribution >= 0.6 is 0 Å². The molecule has 1 saturated heterocycles. The van der Waals surface area contributed by atoms with Crippen LogP contribution in [0.15, 0.2) is 12.4 Å². The second kappa shape index (κ2) is 5.33. The molecular formula is C18H25N3O3. The van der Waals surface area contributed by atoms with E-state index in [0.29, 0.717) is 31.3 Å². The first-order valence-corrected chi connectivity index (χ1v) is 9.01. The number of carboxylic acid groups (broad SMARTS) is 1. The van der Waals surface area contributed by atoms with E-state index in [-0.39, 0.29) is 11.8 Å². The molecule has 24 heavy (non-hydrogen) atoms. The van der Waals surface area contributed by atoms with Crippen molar-refractivity contribution < 1.29 is 14.7 Å². The van der Waals surface area contributed by atoms with Crippen LogP contribution in [0.4, 0.5) is 0 Å². The molecule has 0 bridgehead atoms. The monoisotopic (exact) mass is 331 g/mol. The highest BCUT2D eigenvalue weighted by Gasteiger charge is 2.60. The lowest BCUT2D eigenvalue weighted by molar-refractivity contribution is -0.153. The van der Waals surface area contributed by atoms with Gasteiger partial charge in [0.25, 0.3) is 0 Å². The Kier molecular flexibility index (Phi) is 3.48. The van der Waals surface area contributed by atoms with Crippen LogP contribution in [0.25, 0.3) is 0 Å². The van der Waals surface area contributed by atoms with Crippen molar-refractivity contribution in [3.63, 3.8) is 0 Å². The van der Waals surface area contributed by atoms with Crippen molar-refractivity contribution in [3.8, 4) is 0 Å². The van der Waals surface area contributed by atoms with E-state index >= 15 is 0 Å². The number of hydrogen-bond donors (Lipinski definition) is 1. The minimum atomic E-state index is -1.01. The fourth-order valence-electron chi connectivity index (χ4n) is 4.83. The molecule has 1 N–H and O–H groups in total. The average Bonchev–Trinajstić information content (AvgIpc) is 2.87. The molecule has 6 heteroatoms. The summed E-state index contributed by atoms with van der Waals surface area (Å²) in [6, 6.07) is 0. The quantitative estimate of drug-likeness (QED) is 0.921. The van der Waals surface area contributed by atoms with Crippen LogP contribution < -0.4 is 0 Å². The number of carbonyl (C=O) groups excluding carboxylic acids is 1. The Balaban J connectivity index is 1.45. The SMILES string of the molecule is Cc1cnn(C2(C(=O)O)CCN(C(=O)[C@H]3CC34CCCC4)CC2)c1. The van der Waals surface area contributed by atoms with Gasteiger partial charge in [-0.1, -0.05) is 12.8 Å². The number of aliphatic carboxylic acids is 1. The highest BCUT2D eigenvalue weighted by molar-refractivity contribution is 5.83. The number of rotatable bonds is 3. The van der Waals surface area contributed by atoms with Gasteiger partial charge in [0.05, 0.1) is 6.20 Å². The summed E-state index contributed by atoms with van der Waals surface area (Å²) < 4.78 is 1.59. The summed E-state index contributed by atoms with van der Waals surface area (Å²) in [5.41, 5.74) is 0.243. The van der Waals surface area contributed by atoms with Crippen molar-refractivity contribution >= 4 is 11.9 Å². The summed E-state index contributed by atoms with van der Waals surface area (Å²) in [7, 11) is 0. The van der Waals surface area contributed by atoms with E-state index in [1.54, 1.807) is 17.1 Å². The number of carboxylic acids is 1. The Morgan fingerprint density at radius 2 is 1.88 bits per heavy atom. The molecule has 1 amide bonds. The number of likely N-dealkylation sites (tertiary alicyclic amines) is 1. The largest absolute Gasteiger partial charge is 0.479 e. The standard InChI is InChI=1S/C18H25N3O3/c1-13-11-19-21(12-13)18(16(23)24)6-8-20(9-7-18)15(22)14-10-17(14)4-2-3-5-17/h11-12,14H,2-10H2,1H3,(H,23,24)/t14-/m1/s1. The Hall–Kier alpha value is -1.85. The summed E-state index contributed by atoms with van der Waals surface area (Å²) in [6.45, 7) is 2.93. The van der Waals surface area contributed by atoms with E-state index in [4.69, 9.17) is 0 Å². The molecule has 1 atom stereocenters. The van der Waals surface area contributed by atoms with Gasteiger partial charge >= 0.3 is 5.97 Å². The zero-order valence-electron chi connectivity index (χ0n) is 14.2. The van der Waals surface area contributed by atoms with Gasteiger partial charge in [-0.15, -0.1) is 0 Å². The molecular weight excluding hydrogens is 306 g/mol. The van der Waals surface area contributed by atoms with E-state index in [1.807, 2.05) is 11.8 Å². The van der Waals surface area contributed by atoms with Crippen LogP contribution in [0, 0.1) is 18.3 Å². The van der Waals surface area contributed by atoms with E-state index < -0.39 is 11.5 Å². The molecule has 130 valence electrons. The molecule has 1 aromatic heterocycles. The normalized spacial score (nSPS) is 27.4. The van der Waals surface area contributed by atoms with Crippen LogP contribution in [0.5, 0.6) is 0 Å². The number of aryl methyl sites for hydroxylation is 1. The molecule has 2 saturated carbocycles. The third-order valence-corrected chi connectivity index (χ3v) is 6.54. The van der Waals surface area contributed by atoms with Gasteiger partial charge in [0.2, 0.25) is 5.91 Å². The molecule has 0 aromatic carbocycles. The zero-order chi connectivity index (χ0) is 16.9. The van der Waals surface area contributed by atoms with Gasteiger partial charge in [-0.25, -0.2) is 4.79 Å². The van der Waals surface area contributed by atoms with Crippen molar-refractivity contribution in [1.82, 2.24) is 14.7 Å². The number of nitrogens with zero attached hydrogens (tertiary/aromatic N) is 3. The van der Waals surface area contributed by atoms with Crippen LogP contribution in [0.2, 0.25) is 0 Å². The maximum atomic E-state index is 12.8. The number of amides is 1. The maximum Gasteiger partial charge on any atom is 0.331 e. The summed E-state index contributed by atoms with van der Waals surface area (Å²) in [6.07, 6.45) is 10.3. The van der Waals surface area contributed by atoms with E-state index in [0.717, 1.165) is 12.0 Å². The summed E-state index contributed by atoms with van der Waals surface area (Å²) >= 11 is 0. The van der Waals surface area contributed by atoms with Crippen molar-refractivity contribution in [1.29, 1.82) is 0 Å². The Labute approximate surface area is 141 Å². The fraction of sp³-hybridized carbons (Fsp3) is 0.722. The molecule has 3 aliphatic rings. The lowest BCUT2D eigenvalue weighted by Gasteiger charge is -2.39. The Morgan fingerprint density at radius 3 is 2.42 bits per heavy atom. The predicted octanol–water partition coefficient (Wildman–Crippen LogP) is 2.17. The molecule has 4 rings (SSSR count). The van der Waals surface area contributed by atoms with Gasteiger partial charge in [0, 0.05) is 38.0 Å². The molecule has 0 radical (unpaired) electrons. The molecule has 3 fully saturated rings. The van der Waals surface area contributed by atoms with Gasteiger partial charge in [-0.2, -0.15) is 5.10 Å². The van der Waals surface area contributed by atoms with Gasteiger partial charge in [0.15, 0.2) is 5.54 Å². The first-order chi connectivity index (χ1) is 11.5. The van der Waals surface area contributed by atoms with Crippen LogP contribution in [0.3, 0.4) is 0 Å².